The molecule has 0 radical (unpaired) electrons. The van der Waals surface area contributed by atoms with Crippen LogP contribution in [0.4, 0.5) is 0 Å². The van der Waals surface area contributed by atoms with E-state index in [0.29, 0.717) is 6.04 Å². The fraction of sp³-hybridized carbons (Fsp3) is 0.414. The largest absolute Gasteiger partial charge is 0.367 e. The number of nitrogens with zero attached hydrogens (tertiary/aromatic N) is 6. The molecule has 36 heavy (non-hydrogen) atoms. The molecule has 0 spiro atoms. The molecule has 4 aliphatic rings. The molecule has 0 unspecified atom stereocenters. The first-order valence-electron chi connectivity index (χ1n) is 13.2. The smallest absolute Gasteiger partial charge is 0.255 e. The van der Waals surface area contributed by atoms with E-state index in [0.717, 1.165) is 71.7 Å². The zero-order chi connectivity index (χ0) is 24.8. The number of aromatic nitrogens is 3. The maximum absolute atomic E-state index is 13.5. The highest BCUT2D eigenvalue weighted by Crippen LogP contribution is 2.30. The second kappa shape index (κ2) is 9.21. The maximum Gasteiger partial charge on any atom is 0.255 e. The number of hydrogen-bond acceptors (Lipinski definition) is 5. The highest BCUT2D eigenvalue weighted by molar-refractivity contribution is 5.99. The van der Waals surface area contributed by atoms with Gasteiger partial charge in [0.25, 0.3) is 5.91 Å². The Morgan fingerprint density at radius 1 is 1.11 bits per heavy atom. The van der Waals surface area contributed by atoms with Gasteiger partial charge in [-0.05, 0) is 57.4 Å². The summed E-state index contributed by atoms with van der Waals surface area (Å²) in [6, 6.07) is 3.32. The summed E-state index contributed by atoms with van der Waals surface area (Å²) < 4.78 is 1.88. The Balaban J connectivity index is 1.26. The van der Waals surface area contributed by atoms with Crippen molar-refractivity contribution in [1.82, 2.24) is 29.3 Å². The molecular weight excluding hydrogens is 448 g/mol. The van der Waals surface area contributed by atoms with E-state index >= 15 is 0 Å². The molecule has 7 nitrogen and oxygen atoms in total. The van der Waals surface area contributed by atoms with Gasteiger partial charge in [-0.1, -0.05) is 25.5 Å². The molecule has 1 saturated heterocycles. The van der Waals surface area contributed by atoms with Crippen molar-refractivity contribution in [3.63, 3.8) is 0 Å². The van der Waals surface area contributed by atoms with Crippen LogP contribution in [-0.2, 0) is 11.2 Å². The number of aryl methyl sites for hydroxylation is 2. The number of fused-ring (bicyclic) bond motifs is 2. The van der Waals surface area contributed by atoms with Crippen LogP contribution in [0.15, 0.2) is 66.3 Å². The van der Waals surface area contributed by atoms with E-state index in [2.05, 4.69) is 34.7 Å². The van der Waals surface area contributed by atoms with Crippen LogP contribution in [0.3, 0.4) is 0 Å². The van der Waals surface area contributed by atoms with Gasteiger partial charge in [-0.15, -0.1) is 0 Å². The molecule has 3 aliphatic heterocycles. The molecule has 2 aromatic heterocycles. The third kappa shape index (κ3) is 4.11. The van der Waals surface area contributed by atoms with Gasteiger partial charge < -0.3 is 4.90 Å². The number of carbonyl (C=O) groups is 1. The fourth-order valence-corrected chi connectivity index (χ4v) is 5.73. The molecule has 1 saturated carbocycles. The molecule has 1 aliphatic carbocycles. The van der Waals surface area contributed by atoms with Gasteiger partial charge in [0.05, 0.1) is 34.5 Å². The SMILES string of the molecule is CCc1nc(C)cn2nc(C3=CC(=O)N4C=C(N5CCN(C6CCC6)[C@H](C)C5)C=C/C4=C\C=C3)cc12. The first-order chi connectivity index (χ1) is 17.5. The van der Waals surface area contributed by atoms with Crippen molar-refractivity contribution in [3.8, 4) is 0 Å². The summed E-state index contributed by atoms with van der Waals surface area (Å²) in [4.78, 5) is 25.0. The number of piperazine rings is 1. The minimum atomic E-state index is -0.0642. The van der Waals surface area contributed by atoms with Crippen molar-refractivity contribution in [2.75, 3.05) is 19.6 Å². The molecule has 2 fully saturated rings. The number of rotatable bonds is 4. The lowest BCUT2D eigenvalue weighted by molar-refractivity contribution is -0.122. The second-order valence-electron chi connectivity index (χ2n) is 10.3. The van der Waals surface area contributed by atoms with Gasteiger partial charge in [-0.25, -0.2) is 4.52 Å². The van der Waals surface area contributed by atoms with Crippen LogP contribution < -0.4 is 0 Å². The number of amides is 1. The van der Waals surface area contributed by atoms with E-state index in [-0.39, 0.29) is 5.91 Å². The third-order valence-electron chi connectivity index (χ3n) is 7.89. The summed E-state index contributed by atoms with van der Waals surface area (Å²) in [5.41, 5.74) is 6.47. The van der Waals surface area contributed by atoms with Gasteiger partial charge in [0, 0.05) is 55.3 Å². The van der Waals surface area contributed by atoms with Crippen molar-refractivity contribution >= 4 is 17.0 Å². The topological polar surface area (TPSA) is 57.0 Å². The van der Waals surface area contributed by atoms with E-state index in [9.17, 15) is 4.79 Å². The molecule has 186 valence electrons. The average molecular weight is 483 g/mol. The average Bonchev–Trinajstić information content (AvgIpc) is 3.25. The minimum absolute atomic E-state index is 0.0642. The molecule has 2 aromatic rings. The summed E-state index contributed by atoms with van der Waals surface area (Å²) in [6.07, 6.45) is 20.7. The Bertz CT molecular complexity index is 1360. The van der Waals surface area contributed by atoms with Crippen molar-refractivity contribution in [3.05, 3.63) is 83.4 Å². The fourth-order valence-electron chi connectivity index (χ4n) is 5.73. The van der Waals surface area contributed by atoms with Crippen molar-refractivity contribution in [1.29, 1.82) is 0 Å². The number of carbonyl (C=O) groups excluding carboxylic acids is 1. The molecule has 6 rings (SSSR count). The molecule has 1 atom stereocenters. The van der Waals surface area contributed by atoms with Crippen LogP contribution in [0, 0.1) is 6.92 Å². The Labute approximate surface area is 212 Å². The normalized spacial score (nSPS) is 24.6. The van der Waals surface area contributed by atoms with Gasteiger partial charge in [-0.3, -0.25) is 19.6 Å². The molecule has 0 bridgehead atoms. The summed E-state index contributed by atoms with van der Waals surface area (Å²) >= 11 is 0. The lowest BCUT2D eigenvalue weighted by Crippen LogP contribution is -2.56. The predicted octanol–water partition coefficient (Wildman–Crippen LogP) is 4.24. The van der Waals surface area contributed by atoms with Gasteiger partial charge in [0.15, 0.2) is 0 Å². The lowest BCUT2D eigenvalue weighted by atomic mass is 9.89. The van der Waals surface area contributed by atoms with Crippen molar-refractivity contribution < 1.29 is 4.79 Å². The molecule has 0 aromatic carbocycles. The maximum atomic E-state index is 13.5. The monoisotopic (exact) mass is 482 g/mol. The third-order valence-corrected chi connectivity index (χ3v) is 7.89. The van der Waals surface area contributed by atoms with E-state index < -0.39 is 0 Å². The highest BCUT2D eigenvalue weighted by atomic mass is 16.2. The molecule has 0 N–H and O–H groups in total. The summed E-state index contributed by atoms with van der Waals surface area (Å²) in [7, 11) is 0. The zero-order valence-corrected chi connectivity index (χ0v) is 21.4. The summed E-state index contributed by atoms with van der Waals surface area (Å²) in [6.45, 7) is 9.48. The van der Waals surface area contributed by atoms with Gasteiger partial charge in [0.1, 0.15) is 0 Å². The van der Waals surface area contributed by atoms with E-state index in [1.54, 1.807) is 11.0 Å². The van der Waals surface area contributed by atoms with Gasteiger partial charge in [-0.2, -0.15) is 5.10 Å². The first kappa shape index (κ1) is 23.0. The van der Waals surface area contributed by atoms with Crippen LogP contribution in [0.5, 0.6) is 0 Å². The Morgan fingerprint density at radius 3 is 2.69 bits per heavy atom. The summed E-state index contributed by atoms with van der Waals surface area (Å²) in [5.74, 6) is -0.0642. The Kier molecular flexibility index (Phi) is 5.88. The van der Waals surface area contributed by atoms with Crippen molar-refractivity contribution in [2.45, 2.75) is 58.5 Å². The highest BCUT2D eigenvalue weighted by Gasteiger charge is 2.33. The molecule has 5 heterocycles. The van der Waals surface area contributed by atoms with Crippen LogP contribution in [0.1, 0.15) is 50.2 Å². The second-order valence-corrected chi connectivity index (χ2v) is 10.3. The van der Waals surface area contributed by atoms with E-state index in [1.165, 1.54) is 19.3 Å². The van der Waals surface area contributed by atoms with Gasteiger partial charge in [0.2, 0.25) is 0 Å². The number of hydrogen-bond donors (Lipinski definition) is 0. The predicted molar refractivity (Wildman–Crippen MR) is 142 cm³/mol. The Hall–Kier alpha value is -3.45. The molecule has 7 heteroatoms. The standard InChI is InChI=1S/C29H34N6O/c1-4-26-28-16-27(31-35(28)17-20(2)30-26)22-7-5-8-24-11-12-25(19-34(24)29(36)15-22)32-13-14-33(21(3)18-32)23-9-6-10-23/h5,7-8,11-12,15-17,19,21,23H,4,6,9-10,13-14,18H2,1-3H3/b7-5?,22-15?,24-8+/t21-/m1/s1. The van der Waals surface area contributed by atoms with Crippen LogP contribution in [0.2, 0.25) is 0 Å². The van der Waals surface area contributed by atoms with E-state index in [4.69, 9.17) is 5.10 Å². The number of allylic oxidation sites excluding steroid dienone is 6. The minimum Gasteiger partial charge on any atom is -0.367 e. The molecular formula is C29H34N6O. The Morgan fingerprint density at radius 2 is 1.94 bits per heavy atom. The van der Waals surface area contributed by atoms with Crippen molar-refractivity contribution in [2.24, 2.45) is 0 Å². The zero-order valence-electron chi connectivity index (χ0n) is 21.4. The summed E-state index contributed by atoms with van der Waals surface area (Å²) in [5, 5.41) is 4.77. The van der Waals surface area contributed by atoms with Crippen LogP contribution in [-0.4, -0.2) is 66.9 Å². The lowest BCUT2D eigenvalue weighted by Gasteiger charge is -2.48. The first-order valence-corrected chi connectivity index (χ1v) is 13.2. The van der Waals surface area contributed by atoms with Gasteiger partial charge >= 0.3 is 0 Å². The van der Waals surface area contributed by atoms with E-state index in [1.807, 2.05) is 54.2 Å². The quantitative estimate of drug-likeness (QED) is 0.653. The van der Waals surface area contributed by atoms with Crippen LogP contribution in [0.25, 0.3) is 11.1 Å². The van der Waals surface area contributed by atoms with Crippen LogP contribution >= 0.6 is 0 Å². The molecule has 1 amide bonds.